The van der Waals surface area contributed by atoms with Crippen molar-refractivity contribution < 1.29 is 0 Å². The maximum absolute atomic E-state index is 4.46. The van der Waals surface area contributed by atoms with Crippen LogP contribution in [0.1, 0.15) is 18.0 Å². The van der Waals surface area contributed by atoms with Crippen molar-refractivity contribution in [2.45, 2.75) is 19.4 Å². The second-order valence-electron chi connectivity index (χ2n) is 5.32. The van der Waals surface area contributed by atoms with Crippen LogP contribution in [-0.2, 0) is 0 Å². The van der Waals surface area contributed by atoms with Gasteiger partial charge in [-0.25, -0.2) is 9.97 Å². The first-order chi connectivity index (χ1) is 9.81. The summed E-state index contributed by atoms with van der Waals surface area (Å²) >= 11 is 0. The summed E-state index contributed by atoms with van der Waals surface area (Å²) in [6, 6.07) is 2.46. The first-order valence-corrected chi connectivity index (χ1v) is 6.85. The van der Waals surface area contributed by atoms with E-state index in [4.69, 9.17) is 0 Å². The quantitative estimate of drug-likeness (QED) is 0.771. The zero-order chi connectivity index (χ0) is 13.5. The Morgan fingerprint density at radius 1 is 1.35 bits per heavy atom. The largest absolute Gasteiger partial charge is 0.354 e. The lowest BCUT2D eigenvalue weighted by Crippen LogP contribution is -2.22. The highest BCUT2D eigenvalue weighted by atomic mass is 15.3. The maximum atomic E-state index is 4.46. The first-order valence-electron chi connectivity index (χ1n) is 6.85. The Labute approximate surface area is 116 Å². The lowest BCUT2D eigenvalue weighted by Gasteiger charge is -2.18. The number of rotatable bonds is 2. The summed E-state index contributed by atoms with van der Waals surface area (Å²) in [4.78, 5) is 14.2. The Morgan fingerprint density at radius 3 is 3.15 bits per heavy atom. The van der Waals surface area contributed by atoms with Gasteiger partial charge in [0.15, 0.2) is 0 Å². The lowest BCUT2D eigenvalue weighted by molar-refractivity contribution is 0.494. The first kappa shape index (κ1) is 11.5. The summed E-state index contributed by atoms with van der Waals surface area (Å²) in [6.07, 6.45) is 8.65. The van der Waals surface area contributed by atoms with Gasteiger partial charge in [0.05, 0.1) is 17.6 Å². The number of nitrogens with zero attached hydrogens (tertiary/aromatic N) is 5. The predicted octanol–water partition coefficient (Wildman–Crippen LogP) is 1.91. The fourth-order valence-electron chi connectivity index (χ4n) is 2.89. The molecule has 4 heterocycles. The van der Waals surface area contributed by atoms with Crippen molar-refractivity contribution in [3.8, 4) is 0 Å². The van der Waals surface area contributed by atoms with E-state index < -0.39 is 0 Å². The molecule has 0 radical (unpaired) electrons. The third kappa shape index (κ3) is 1.76. The Hall–Kier alpha value is -2.37. The monoisotopic (exact) mass is 268 g/mol. The number of nitrogens with one attached hydrogen (secondary N) is 1. The van der Waals surface area contributed by atoms with E-state index in [1.165, 1.54) is 5.56 Å². The van der Waals surface area contributed by atoms with Crippen LogP contribution in [0, 0.1) is 6.92 Å². The van der Waals surface area contributed by atoms with Crippen LogP contribution in [0.4, 0.5) is 5.82 Å². The highest BCUT2D eigenvalue weighted by Crippen LogP contribution is 2.29. The lowest BCUT2D eigenvalue weighted by atomic mass is 10.3. The van der Waals surface area contributed by atoms with Gasteiger partial charge in [0.25, 0.3) is 0 Å². The van der Waals surface area contributed by atoms with Gasteiger partial charge in [0, 0.05) is 25.5 Å². The minimum Gasteiger partial charge on any atom is -0.354 e. The summed E-state index contributed by atoms with van der Waals surface area (Å²) in [5.74, 6) is 1.02. The van der Waals surface area contributed by atoms with Crippen LogP contribution in [0.3, 0.4) is 0 Å². The van der Waals surface area contributed by atoms with E-state index in [1.54, 1.807) is 6.33 Å². The molecule has 1 aliphatic heterocycles. The second-order valence-corrected chi connectivity index (χ2v) is 5.32. The number of fused-ring (bicyclic) bond motifs is 1. The Kier molecular flexibility index (Phi) is 2.48. The van der Waals surface area contributed by atoms with E-state index in [0.717, 1.165) is 36.4 Å². The van der Waals surface area contributed by atoms with Crippen molar-refractivity contribution in [3.05, 3.63) is 36.5 Å². The van der Waals surface area contributed by atoms with Gasteiger partial charge in [-0.15, -0.1) is 0 Å². The summed E-state index contributed by atoms with van der Waals surface area (Å²) < 4.78 is 2.07. The molecule has 0 aliphatic carbocycles. The van der Waals surface area contributed by atoms with Crippen molar-refractivity contribution >= 4 is 16.9 Å². The molecular weight excluding hydrogens is 252 g/mol. The minimum atomic E-state index is 0.424. The fraction of sp³-hybridized carbons (Fsp3) is 0.357. The van der Waals surface area contributed by atoms with Gasteiger partial charge in [-0.1, -0.05) is 0 Å². The molecule has 20 heavy (non-hydrogen) atoms. The standard InChI is InChI=1S/C14H16N6/c1-10-6-18-20(7-10)11-3-5-19(8-11)14-12-2-4-15-13(12)16-9-17-14/h2,4,6-7,9,11H,3,5,8H2,1H3,(H,15,16,17). The van der Waals surface area contributed by atoms with E-state index in [-0.39, 0.29) is 0 Å². The molecule has 102 valence electrons. The molecule has 0 saturated carbocycles. The molecule has 0 amide bonds. The number of hydrogen-bond acceptors (Lipinski definition) is 4. The Balaban J connectivity index is 1.63. The van der Waals surface area contributed by atoms with Gasteiger partial charge in [-0.3, -0.25) is 4.68 Å². The summed E-state index contributed by atoms with van der Waals surface area (Å²) in [7, 11) is 0. The van der Waals surface area contributed by atoms with Crippen LogP contribution in [0.25, 0.3) is 11.0 Å². The van der Waals surface area contributed by atoms with Crippen LogP contribution in [0.2, 0.25) is 0 Å². The molecule has 0 spiro atoms. The second kappa shape index (κ2) is 4.33. The molecule has 1 N–H and O–H groups in total. The number of aromatic amines is 1. The van der Waals surface area contributed by atoms with Crippen LogP contribution in [-0.4, -0.2) is 37.8 Å². The van der Waals surface area contributed by atoms with E-state index in [9.17, 15) is 0 Å². The van der Waals surface area contributed by atoms with E-state index in [1.807, 2.05) is 18.5 Å². The van der Waals surface area contributed by atoms with E-state index in [0.29, 0.717) is 6.04 Å². The molecule has 6 nitrogen and oxygen atoms in total. The van der Waals surface area contributed by atoms with Crippen molar-refractivity contribution in [2.75, 3.05) is 18.0 Å². The molecule has 1 unspecified atom stereocenters. The third-order valence-corrected chi connectivity index (χ3v) is 3.90. The van der Waals surface area contributed by atoms with Crippen molar-refractivity contribution in [1.29, 1.82) is 0 Å². The Bertz CT molecular complexity index is 743. The molecule has 0 bridgehead atoms. The molecule has 1 fully saturated rings. The third-order valence-electron chi connectivity index (χ3n) is 3.90. The van der Waals surface area contributed by atoms with Gasteiger partial charge < -0.3 is 9.88 Å². The number of aryl methyl sites for hydroxylation is 1. The maximum Gasteiger partial charge on any atom is 0.142 e. The molecular formula is C14H16N6. The van der Waals surface area contributed by atoms with Crippen LogP contribution in [0.15, 0.2) is 31.0 Å². The Morgan fingerprint density at radius 2 is 2.30 bits per heavy atom. The van der Waals surface area contributed by atoms with Crippen LogP contribution in [0.5, 0.6) is 0 Å². The van der Waals surface area contributed by atoms with Gasteiger partial charge in [0.1, 0.15) is 17.8 Å². The minimum absolute atomic E-state index is 0.424. The zero-order valence-electron chi connectivity index (χ0n) is 11.3. The number of hydrogen-bond donors (Lipinski definition) is 1. The highest BCUT2D eigenvalue weighted by molar-refractivity contribution is 5.87. The molecule has 3 aromatic heterocycles. The number of aromatic nitrogens is 5. The van der Waals surface area contributed by atoms with Crippen molar-refractivity contribution in [3.63, 3.8) is 0 Å². The van der Waals surface area contributed by atoms with Gasteiger partial charge in [0.2, 0.25) is 0 Å². The average molecular weight is 268 g/mol. The average Bonchev–Trinajstić information content (AvgIpc) is 3.17. The number of anilines is 1. The molecule has 1 aliphatic rings. The number of H-pyrrole nitrogens is 1. The topological polar surface area (TPSA) is 62.6 Å². The summed E-state index contributed by atoms with van der Waals surface area (Å²) in [5.41, 5.74) is 2.10. The highest BCUT2D eigenvalue weighted by Gasteiger charge is 2.26. The molecule has 0 aromatic carbocycles. The molecule has 1 atom stereocenters. The fourth-order valence-corrected chi connectivity index (χ4v) is 2.89. The van der Waals surface area contributed by atoms with E-state index >= 15 is 0 Å². The summed E-state index contributed by atoms with van der Waals surface area (Å²) in [6.45, 7) is 4.02. The zero-order valence-corrected chi connectivity index (χ0v) is 11.3. The van der Waals surface area contributed by atoms with E-state index in [2.05, 4.69) is 42.8 Å². The van der Waals surface area contributed by atoms with Gasteiger partial charge in [-0.05, 0) is 25.0 Å². The van der Waals surface area contributed by atoms with Crippen LogP contribution < -0.4 is 4.90 Å². The summed E-state index contributed by atoms with van der Waals surface area (Å²) in [5, 5.41) is 5.52. The molecule has 4 rings (SSSR count). The SMILES string of the molecule is Cc1cnn(C2CCN(c3ncnc4[nH]ccc34)C2)c1. The van der Waals surface area contributed by atoms with Gasteiger partial charge >= 0.3 is 0 Å². The van der Waals surface area contributed by atoms with Crippen molar-refractivity contribution in [2.24, 2.45) is 0 Å². The predicted molar refractivity (Wildman–Crippen MR) is 76.7 cm³/mol. The smallest absolute Gasteiger partial charge is 0.142 e. The van der Waals surface area contributed by atoms with Gasteiger partial charge in [-0.2, -0.15) is 5.10 Å². The van der Waals surface area contributed by atoms with Crippen LogP contribution >= 0.6 is 0 Å². The molecule has 6 heteroatoms. The van der Waals surface area contributed by atoms with Crippen molar-refractivity contribution in [1.82, 2.24) is 24.7 Å². The molecule has 3 aromatic rings. The normalized spacial score (nSPS) is 19.1. The molecule has 1 saturated heterocycles.